The summed E-state index contributed by atoms with van der Waals surface area (Å²) in [6.45, 7) is 2.01. The third-order valence-corrected chi connectivity index (χ3v) is 3.08. The molecule has 1 saturated carbocycles. The molecule has 0 radical (unpaired) electrons. The summed E-state index contributed by atoms with van der Waals surface area (Å²) < 4.78 is 13.6. The number of benzene rings is 1. The molecule has 19 heavy (non-hydrogen) atoms. The molecule has 5 heteroatoms. The maximum Gasteiger partial charge on any atom is 0.328 e. The van der Waals surface area contributed by atoms with Gasteiger partial charge in [0.1, 0.15) is 5.82 Å². The molecule has 1 aromatic rings. The number of amides is 1. The first-order chi connectivity index (χ1) is 8.97. The van der Waals surface area contributed by atoms with Crippen LogP contribution in [-0.2, 0) is 4.79 Å². The third kappa shape index (κ3) is 3.40. The zero-order valence-electron chi connectivity index (χ0n) is 10.4. The van der Waals surface area contributed by atoms with Crippen molar-refractivity contribution in [1.82, 2.24) is 5.32 Å². The Morgan fingerprint density at radius 2 is 2.16 bits per heavy atom. The summed E-state index contributed by atoms with van der Waals surface area (Å²) in [5.41, 5.74) is 0.407. The summed E-state index contributed by atoms with van der Waals surface area (Å²) in [5, 5.41) is 11.3. The number of nitrogens with one attached hydrogen (secondary N) is 1. The smallest absolute Gasteiger partial charge is 0.328 e. The van der Waals surface area contributed by atoms with Crippen LogP contribution in [0.1, 0.15) is 29.3 Å². The van der Waals surface area contributed by atoms with Gasteiger partial charge in [-0.1, -0.05) is 13.0 Å². The summed E-state index contributed by atoms with van der Waals surface area (Å²) in [6, 6.07) is 4.04. The Morgan fingerprint density at radius 3 is 2.74 bits per heavy atom. The van der Waals surface area contributed by atoms with E-state index in [9.17, 15) is 14.0 Å². The molecule has 100 valence electrons. The second-order valence-corrected chi connectivity index (χ2v) is 4.70. The zero-order valence-corrected chi connectivity index (χ0v) is 10.4. The Balaban J connectivity index is 2.16. The van der Waals surface area contributed by atoms with Crippen LogP contribution in [0.15, 0.2) is 24.3 Å². The van der Waals surface area contributed by atoms with E-state index in [0.29, 0.717) is 11.5 Å². The number of carboxylic acid groups (broad SMARTS) is 1. The van der Waals surface area contributed by atoms with Crippen molar-refractivity contribution in [3.63, 3.8) is 0 Å². The lowest BCUT2D eigenvalue weighted by Crippen LogP contribution is -2.27. The number of carbonyl (C=O) groups is 2. The molecule has 0 spiro atoms. The molecular weight excluding hydrogens is 249 g/mol. The van der Waals surface area contributed by atoms with Crippen LogP contribution in [0.2, 0.25) is 0 Å². The highest BCUT2D eigenvalue weighted by atomic mass is 19.1. The second kappa shape index (κ2) is 5.22. The Morgan fingerprint density at radius 1 is 1.47 bits per heavy atom. The van der Waals surface area contributed by atoms with E-state index < -0.39 is 17.7 Å². The molecule has 0 saturated heterocycles. The maximum atomic E-state index is 13.6. The SMILES string of the molecule is CC1CC1NC(=O)c1cc(C=CC(=O)O)ccc1F. The van der Waals surface area contributed by atoms with E-state index in [-0.39, 0.29) is 11.6 Å². The van der Waals surface area contributed by atoms with Crippen LogP contribution in [0, 0.1) is 11.7 Å². The fraction of sp³-hybridized carbons (Fsp3) is 0.286. The van der Waals surface area contributed by atoms with Crippen molar-refractivity contribution in [2.45, 2.75) is 19.4 Å². The predicted molar refractivity (Wildman–Crippen MR) is 68.1 cm³/mol. The first kappa shape index (κ1) is 13.3. The topological polar surface area (TPSA) is 66.4 Å². The summed E-state index contributed by atoms with van der Waals surface area (Å²) >= 11 is 0. The molecule has 4 nitrogen and oxygen atoms in total. The molecule has 1 aliphatic carbocycles. The van der Waals surface area contributed by atoms with E-state index in [1.807, 2.05) is 6.92 Å². The number of carboxylic acids is 1. The first-order valence-corrected chi connectivity index (χ1v) is 5.99. The van der Waals surface area contributed by atoms with Crippen molar-refractivity contribution in [1.29, 1.82) is 0 Å². The molecule has 1 aliphatic rings. The van der Waals surface area contributed by atoms with Gasteiger partial charge in [-0.25, -0.2) is 9.18 Å². The largest absolute Gasteiger partial charge is 0.478 e. The van der Waals surface area contributed by atoms with Crippen LogP contribution in [0.3, 0.4) is 0 Å². The third-order valence-electron chi connectivity index (χ3n) is 3.08. The molecule has 0 bridgehead atoms. The van der Waals surface area contributed by atoms with Gasteiger partial charge >= 0.3 is 5.97 Å². The molecule has 1 aromatic carbocycles. The van der Waals surface area contributed by atoms with Crippen LogP contribution in [0.5, 0.6) is 0 Å². The summed E-state index contributed by atoms with van der Waals surface area (Å²) in [7, 11) is 0. The molecule has 2 unspecified atom stereocenters. The standard InChI is InChI=1S/C14H14FNO3/c1-8-6-12(8)16-14(19)10-7-9(2-4-11(10)15)3-5-13(17)18/h2-5,7-8,12H,6H2,1H3,(H,16,19)(H,17,18). The van der Waals surface area contributed by atoms with Crippen molar-refractivity contribution in [3.05, 3.63) is 41.2 Å². The lowest BCUT2D eigenvalue weighted by atomic mass is 10.1. The Hall–Kier alpha value is -2.17. The van der Waals surface area contributed by atoms with E-state index in [2.05, 4.69) is 5.32 Å². The maximum absolute atomic E-state index is 13.6. The van der Waals surface area contributed by atoms with Crippen molar-refractivity contribution in [3.8, 4) is 0 Å². The van der Waals surface area contributed by atoms with Gasteiger partial charge in [0.15, 0.2) is 0 Å². The van der Waals surface area contributed by atoms with Gasteiger partial charge in [0.2, 0.25) is 0 Å². The summed E-state index contributed by atoms with van der Waals surface area (Å²) in [6.07, 6.45) is 3.17. The first-order valence-electron chi connectivity index (χ1n) is 5.99. The average Bonchev–Trinajstić information content (AvgIpc) is 3.03. The summed E-state index contributed by atoms with van der Waals surface area (Å²) in [5.74, 6) is -1.74. The Kier molecular flexibility index (Phi) is 3.64. The van der Waals surface area contributed by atoms with Gasteiger partial charge in [0.05, 0.1) is 5.56 Å². The molecule has 1 fully saturated rings. The number of aliphatic carboxylic acids is 1. The van der Waals surface area contributed by atoms with Crippen LogP contribution < -0.4 is 5.32 Å². The Labute approximate surface area is 109 Å². The lowest BCUT2D eigenvalue weighted by Gasteiger charge is -2.06. The molecular formula is C14H14FNO3. The van der Waals surface area contributed by atoms with Gasteiger partial charge in [-0.3, -0.25) is 4.79 Å². The molecule has 0 heterocycles. The fourth-order valence-corrected chi connectivity index (χ4v) is 1.76. The minimum absolute atomic E-state index is 0.0633. The van der Waals surface area contributed by atoms with Crippen molar-refractivity contribution < 1.29 is 19.1 Å². The molecule has 0 aliphatic heterocycles. The quantitative estimate of drug-likeness (QED) is 0.817. The highest BCUT2D eigenvalue weighted by Gasteiger charge is 2.34. The minimum Gasteiger partial charge on any atom is -0.478 e. The lowest BCUT2D eigenvalue weighted by molar-refractivity contribution is -0.131. The van der Waals surface area contributed by atoms with Crippen LogP contribution in [-0.4, -0.2) is 23.0 Å². The fourth-order valence-electron chi connectivity index (χ4n) is 1.76. The summed E-state index contributed by atoms with van der Waals surface area (Å²) in [4.78, 5) is 22.3. The van der Waals surface area contributed by atoms with E-state index in [0.717, 1.165) is 18.6 Å². The number of rotatable bonds is 4. The van der Waals surface area contributed by atoms with Crippen LogP contribution in [0.4, 0.5) is 4.39 Å². The van der Waals surface area contributed by atoms with Gasteiger partial charge in [0, 0.05) is 12.1 Å². The number of hydrogen-bond acceptors (Lipinski definition) is 2. The van der Waals surface area contributed by atoms with Crippen LogP contribution >= 0.6 is 0 Å². The highest BCUT2D eigenvalue weighted by Crippen LogP contribution is 2.29. The van der Waals surface area contributed by atoms with E-state index in [4.69, 9.17) is 5.11 Å². The van der Waals surface area contributed by atoms with Gasteiger partial charge in [-0.05, 0) is 36.1 Å². The average molecular weight is 263 g/mol. The van der Waals surface area contributed by atoms with Gasteiger partial charge in [0.25, 0.3) is 5.91 Å². The van der Waals surface area contributed by atoms with Gasteiger partial charge in [-0.2, -0.15) is 0 Å². The highest BCUT2D eigenvalue weighted by molar-refractivity contribution is 5.95. The molecule has 2 atom stereocenters. The van der Waals surface area contributed by atoms with Gasteiger partial charge in [-0.15, -0.1) is 0 Å². The monoisotopic (exact) mass is 263 g/mol. The second-order valence-electron chi connectivity index (χ2n) is 4.70. The molecule has 0 aromatic heterocycles. The van der Waals surface area contributed by atoms with Crippen LogP contribution in [0.25, 0.3) is 6.08 Å². The Bertz CT molecular complexity index is 554. The number of carbonyl (C=O) groups excluding carboxylic acids is 1. The number of hydrogen-bond donors (Lipinski definition) is 2. The van der Waals surface area contributed by atoms with E-state index in [1.54, 1.807) is 0 Å². The predicted octanol–water partition coefficient (Wildman–Crippen LogP) is 2.06. The molecule has 1 amide bonds. The van der Waals surface area contributed by atoms with Gasteiger partial charge < -0.3 is 10.4 Å². The van der Waals surface area contributed by atoms with Crippen molar-refractivity contribution in [2.24, 2.45) is 5.92 Å². The molecule has 2 rings (SSSR count). The van der Waals surface area contributed by atoms with Crippen molar-refractivity contribution >= 4 is 18.0 Å². The zero-order chi connectivity index (χ0) is 14.0. The van der Waals surface area contributed by atoms with E-state index in [1.165, 1.54) is 18.2 Å². The normalized spacial score (nSPS) is 21.4. The molecule has 2 N–H and O–H groups in total. The van der Waals surface area contributed by atoms with E-state index >= 15 is 0 Å². The minimum atomic E-state index is -1.10. The number of halogens is 1. The van der Waals surface area contributed by atoms with Crippen molar-refractivity contribution in [2.75, 3.05) is 0 Å².